The Labute approximate surface area is 170 Å². The first-order valence-electron chi connectivity index (χ1n) is 8.52. The summed E-state index contributed by atoms with van der Waals surface area (Å²) in [6.45, 7) is 1.60. The van der Waals surface area contributed by atoms with Gasteiger partial charge in [0.15, 0.2) is 0 Å². The third-order valence-electron chi connectivity index (χ3n) is 3.98. The molecule has 0 atom stereocenters. The molecule has 3 aromatic carbocycles. The van der Waals surface area contributed by atoms with Crippen molar-refractivity contribution in [2.45, 2.75) is 19.3 Å². The van der Waals surface area contributed by atoms with Gasteiger partial charge in [0, 0.05) is 13.1 Å². The Balaban J connectivity index is 0.000000370. The fourth-order valence-electron chi connectivity index (χ4n) is 2.61. The topological polar surface area (TPSA) is 58.6 Å². The standard InChI is InChI=1S/C19H18ClNO.C2HF3O2/c1-22-19-10-9-14(11-18(19)20)12-21-13-16-7-4-6-15-5-2-3-8-17(15)16;3-2(4,5)1(6)7/h2-11,21H,12-13H2,1H3;(H,6,7). The number of carboxylic acids is 1. The van der Waals surface area contributed by atoms with Crippen LogP contribution in [0.5, 0.6) is 5.75 Å². The molecule has 0 aliphatic rings. The molecule has 0 aliphatic carbocycles. The molecule has 3 rings (SSSR count). The number of rotatable bonds is 5. The van der Waals surface area contributed by atoms with E-state index in [0.29, 0.717) is 10.8 Å². The van der Waals surface area contributed by atoms with Crippen LogP contribution in [-0.4, -0.2) is 24.4 Å². The Hall–Kier alpha value is -2.77. The first kappa shape index (κ1) is 22.5. The molecule has 0 aromatic heterocycles. The van der Waals surface area contributed by atoms with E-state index >= 15 is 0 Å². The lowest BCUT2D eigenvalue weighted by atomic mass is 10.0. The van der Waals surface area contributed by atoms with Crippen LogP contribution in [-0.2, 0) is 17.9 Å². The van der Waals surface area contributed by atoms with Gasteiger partial charge in [-0.2, -0.15) is 13.2 Å². The predicted octanol–water partition coefficient (Wildman–Crippen LogP) is 5.42. The van der Waals surface area contributed by atoms with Crippen LogP contribution in [0.15, 0.2) is 60.7 Å². The van der Waals surface area contributed by atoms with Crippen LogP contribution in [0.4, 0.5) is 13.2 Å². The third kappa shape index (κ3) is 6.66. The minimum Gasteiger partial charge on any atom is -0.495 e. The zero-order valence-corrected chi connectivity index (χ0v) is 16.2. The van der Waals surface area contributed by atoms with Crippen LogP contribution in [0, 0.1) is 0 Å². The molecule has 154 valence electrons. The van der Waals surface area contributed by atoms with E-state index in [1.807, 2.05) is 18.2 Å². The Kier molecular flexibility index (Phi) is 7.87. The van der Waals surface area contributed by atoms with Crippen LogP contribution in [0.2, 0.25) is 5.02 Å². The number of fused-ring (bicyclic) bond motifs is 1. The Morgan fingerprint density at radius 1 is 1.07 bits per heavy atom. The minimum absolute atomic E-state index is 0.645. The van der Waals surface area contributed by atoms with Crippen molar-refractivity contribution in [3.8, 4) is 5.75 Å². The van der Waals surface area contributed by atoms with Crippen molar-refractivity contribution in [1.82, 2.24) is 5.32 Å². The molecule has 0 saturated carbocycles. The van der Waals surface area contributed by atoms with Gasteiger partial charge in [0.05, 0.1) is 12.1 Å². The van der Waals surface area contributed by atoms with E-state index in [-0.39, 0.29) is 0 Å². The van der Waals surface area contributed by atoms with Crippen molar-refractivity contribution in [3.63, 3.8) is 0 Å². The molecule has 0 saturated heterocycles. The predicted molar refractivity (Wildman–Crippen MR) is 106 cm³/mol. The SMILES string of the molecule is COc1ccc(CNCc2cccc3ccccc23)cc1Cl.O=C(O)C(F)(F)F. The molecule has 0 fully saturated rings. The van der Waals surface area contributed by atoms with Crippen LogP contribution in [0.3, 0.4) is 0 Å². The largest absolute Gasteiger partial charge is 0.495 e. The molecular weight excluding hydrogens is 407 g/mol. The van der Waals surface area contributed by atoms with Crippen LogP contribution < -0.4 is 10.1 Å². The number of hydrogen-bond acceptors (Lipinski definition) is 3. The van der Waals surface area contributed by atoms with Gasteiger partial charge in [-0.25, -0.2) is 4.79 Å². The summed E-state index contributed by atoms with van der Waals surface area (Å²) in [5.74, 6) is -2.05. The van der Waals surface area contributed by atoms with E-state index < -0.39 is 12.1 Å². The van der Waals surface area contributed by atoms with Gasteiger partial charge >= 0.3 is 12.1 Å². The summed E-state index contributed by atoms with van der Waals surface area (Å²) in [5.41, 5.74) is 2.45. The Morgan fingerprint density at radius 3 is 2.34 bits per heavy atom. The van der Waals surface area contributed by atoms with E-state index in [4.69, 9.17) is 26.2 Å². The second-order valence-electron chi connectivity index (χ2n) is 6.01. The van der Waals surface area contributed by atoms with Crippen LogP contribution in [0.1, 0.15) is 11.1 Å². The highest BCUT2D eigenvalue weighted by Gasteiger charge is 2.38. The fraction of sp³-hybridized carbons (Fsp3) is 0.190. The number of carboxylic acid groups (broad SMARTS) is 1. The van der Waals surface area contributed by atoms with Crippen molar-refractivity contribution in [1.29, 1.82) is 0 Å². The first-order valence-corrected chi connectivity index (χ1v) is 8.90. The fourth-order valence-corrected chi connectivity index (χ4v) is 2.89. The van der Waals surface area contributed by atoms with Gasteiger partial charge in [0.25, 0.3) is 0 Å². The average molecular weight is 426 g/mol. The monoisotopic (exact) mass is 425 g/mol. The maximum absolute atomic E-state index is 10.6. The number of ether oxygens (including phenoxy) is 1. The Bertz CT molecular complexity index is 972. The number of halogens is 4. The number of nitrogens with one attached hydrogen (secondary N) is 1. The quantitative estimate of drug-likeness (QED) is 0.572. The highest BCUT2D eigenvalue weighted by molar-refractivity contribution is 6.32. The van der Waals surface area contributed by atoms with Gasteiger partial charge in [-0.1, -0.05) is 60.1 Å². The maximum atomic E-state index is 10.6. The second-order valence-corrected chi connectivity index (χ2v) is 6.42. The van der Waals surface area contributed by atoms with Gasteiger partial charge in [0.1, 0.15) is 5.75 Å². The molecule has 3 aromatic rings. The molecule has 29 heavy (non-hydrogen) atoms. The number of benzene rings is 3. The summed E-state index contributed by atoms with van der Waals surface area (Å²) in [5, 5.41) is 13.8. The summed E-state index contributed by atoms with van der Waals surface area (Å²) < 4.78 is 36.9. The van der Waals surface area contributed by atoms with Gasteiger partial charge in [0.2, 0.25) is 0 Å². The van der Waals surface area contributed by atoms with E-state index in [1.165, 1.54) is 16.3 Å². The molecule has 0 radical (unpaired) electrons. The van der Waals surface area contributed by atoms with Gasteiger partial charge in [-0.3, -0.25) is 0 Å². The van der Waals surface area contributed by atoms with E-state index in [1.54, 1.807) is 7.11 Å². The average Bonchev–Trinajstić information content (AvgIpc) is 2.68. The summed E-state index contributed by atoms with van der Waals surface area (Å²) in [4.78, 5) is 8.90. The van der Waals surface area contributed by atoms with E-state index in [0.717, 1.165) is 18.7 Å². The van der Waals surface area contributed by atoms with Crippen LogP contribution in [0.25, 0.3) is 10.8 Å². The number of alkyl halides is 3. The number of aliphatic carboxylic acids is 1. The highest BCUT2D eigenvalue weighted by Crippen LogP contribution is 2.25. The minimum atomic E-state index is -5.08. The van der Waals surface area contributed by atoms with Crippen molar-refractivity contribution >= 4 is 28.3 Å². The smallest absolute Gasteiger partial charge is 0.490 e. The van der Waals surface area contributed by atoms with Crippen molar-refractivity contribution < 1.29 is 27.8 Å². The Morgan fingerprint density at radius 2 is 1.72 bits per heavy atom. The molecule has 0 bridgehead atoms. The normalized spacial score (nSPS) is 10.9. The summed E-state index contributed by atoms with van der Waals surface area (Å²) in [6, 6.07) is 20.7. The molecule has 0 heterocycles. The summed E-state index contributed by atoms with van der Waals surface area (Å²) in [7, 11) is 1.62. The molecule has 2 N–H and O–H groups in total. The molecule has 4 nitrogen and oxygen atoms in total. The number of hydrogen-bond donors (Lipinski definition) is 2. The molecule has 0 spiro atoms. The molecule has 0 amide bonds. The van der Waals surface area contributed by atoms with E-state index in [9.17, 15) is 13.2 Å². The van der Waals surface area contributed by atoms with E-state index in [2.05, 4.69) is 47.8 Å². The molecule has 0 unspecified atom stereocenters. The molecular formula is C21H19ClF3NO3. The van der Waals surface area contributed by atoms with Crippen LogP contribution >= 0.6 is 11.6 Å². The van der Waals surface area contributed by atoms with Crippen molar-refractivity contribution in [2.24, 2.45) is 0 Å². The van der Waals surface area contributed by atoms with Gasteiger partial charge in [-0.05, 0) is 34.0 Å². The molecule has 0 aliphatic heterocycles. The zero-order valence-electron chi connectivity index (χ0n) is 15.5. The van der Waals surface area contributed by atoms with Gasteiger partial charge < -0.3 is 15.2 Å². The van der Waals surface area contributed by atoms with Gasteiger partial charge in [-0.15, -0.1) is 0 Å². The summed E-state index contributed by atoms with van der Waals surface area (Å²) in [6.07, 6.45) is -5.08. The lowest BCUT2D eigenvalue weighted by molar-refractivity contribution is -0.192. The number of carbonyl (C=O) groups is 1. The lowest BCUT2D eigenvalue weighted by Crippen LogP contribution is -2.21. The summed E-state index contributed by atoms with van der Waals surface area (Å²) >= 11 is 6.15. The first-order chi connectivity index (χ1) is 13.7. The molecule has 8 heteroatoms. The highest BCUT2D eigenvalue weighted by atomic mass is 35.5. The van der Waals surface area contributed by atoms with Crippen molar-refractivity contribution in [3.05, 3.63) is 76.8 Å². The zero-order chi connectivity index (χ0) is 21.4. The number of methoxy groups -OCH3 is 1. The van der Waals surface area contributed by atoms with Crippen molar-refractivity contribution in [2.75, 3.05) is 7.11 Å². The lowest BCUT2D eigenvalue weighted by Gasteiger charge is -2.10. The third-order valence-corrected chi connectivity index (χ3v) is 4.28. The maximum Gasteiger partial charge on any atom is 0.490 e. The second kappa shape index (κ2) is 10.1.